The van der Waals surface area contributed by atoms with Crippen molar-refractivity contribution in [2.75, 3.05) is 17.2 Å². The van der Waals surface area contributed by atoms with Crippen molar-refractivity contribution in [1.82, 2.24) is 14.8 Å². The monoisotopic (exact) mass is 606 g/mol. The van der Waals surface area contributed by atoms with Gasteiger partial charge in [-0.15, -0.1) is 36.5 Å². The molecule has 5 rings (SSSR count). The van der Waals surface area contributed by atoms with Gasteiger partial charge in [-0.2, -0.15) is 5.10 Å². The van der Waals surface area contributed by atoms with E-state index in [1.807, 2.05) is 0 Å². The summed E-state index contributed by atoms with van der Waals surface area (Å²) in [6, 6.07) is 18.2. The highest BCUT2D eigenvalue weighted by molar-refractivity contribution is 8.14. The SMILES string of the molecule is FC(F)(F)Oc1ccc(-n2cnc(-c3ccc(/C=N/N=C4\SCCCN4c4ccccc4OC(F)(F)F)cc3)n2)cc1. The smallest absolute Gasteiger partial charge is 0.406 e. The fourth-order valence-corrected chi connectivity index (χ4v) is 4.85. The molecule has 2 heterocycles. The van der Waals surface area contributed by atoms with Gasteiger partial charge < -0.3 is 14.4 Å². The molecule has 1 aromatic heterocycles. The van der Waals surface area contributed by atoms with E-state index in [4.69, 9.17) is 0 Å². The fraction of sp³-hybridized carbons (Fsp3) is 0.185. The molecule has 1 aliphatic heterocycles. The number of alkyl halides is 6. The summed E-state index contributed by atoms with van der Waals surface area (Å²) in [4.78, 5) is 5.91. The number of nitrogens with zero attached hydrogens (tertiary/aromatic N) is 6. The average Bonchev–Trinajstić information content (AvgIpc) is 3.43. The second kappa shape index (κ2) is 12.1. The lowest BCUT2D eigenvalue weighted by atomic mass is 10.1. The van der Waals surface area contributed by atoms with Crippen LogP contribution in [0.2, 0.25) is 0 Å². The van der Waals surface area contributed by atoms with Crippen LogP contribution in [0.4, 0.5) is 32.0 Å². The molecule has 3 aromatic carbocycles. The average molecular weight is 607 g/mol. The number of hydrogen-bond donors (Lipinski definition) is 0. The highest BCUT2D eigenvalue weighted by Gasteiger charge is 2.34. The van der Waals surface area contributed by atoms with Gasteiger partial charge in [-0.05, 0) is 48.4 Å². The van der Waals surface area contributed by atoms with Gasteiger partial charge in [0.1, 0.15) is 12.1 Å². The number of ether oxygens (including phenoxy) is 2. The van der Waals surface area contributed by atoms with Crippen LogP contribution in [-0.4, -0.2) is 51.2 Å². The van der Waals surface area contributed by atoms with Crippen molar-refractivity contribution >= 4 is 28.8 Å². The number of para-hydroxylation sites is 2. The minimum Gasteiger partial charge on any atom is -0.406 e. The first kappa shape index (κ1) is 29.0. The van der Waals surface area contributed by atoms with E-state index in [1.54, 1.807) is 35.2 Å². The Labute approximate surface area is 239 Å². The van der Waals surface area contributed by atoms with Gasteiger partial charge in [0.15, 0.2) is 16.7 Å². The molecule has 1 saturated heterocycles. The Bertz CT molecular complexity index is 1570. The van der Waals surface area contributed by atoms with E-state index in [9.17, 15) is 26.3 Å². The first-order valence-corrected chi connectivity index (χ1v) is 13.3. The van der Waals surface area contributed by atoms with Crippen molar-refractivity contribution < 1.29 is 35.8 Å². The third-order valence-corrected chi connectivity index (χ3v) is 6.77. The zero-order chi connectivity index (χ0) is 29.7. The minimum atomic E-state index is -4.82. The Morgan fingerprint density at radius 3 is 2.29 bits per heavy atom. The maximum absolute atomic E-state index is 12.9. The Hall–Kier alpha value is -4.53. The molecule has 0 amide bonds. The molecule has 0 aliphatic carbocycles. The second-order valence-electron chi connectivity index (χ2n) is 8.67. The van der Waals surface area contributed by atoms with Gasteiger partial charge in [-0.3, -0.25) is 0 Å². The normalized spacial score (nSPS) is 15.4. The molecule has 0 saturated carbocycles. The van der Waals surface area contributed by atoms with Gasteiger partial charge in [-0.1, -0.05) is 48.2 Å². The fourth-order valence-electron chi connectivity index (χ4n) is 3.94. The van der Waals surface area contributed by atoms with Crippen LogP contribution in [0.15, 0.2) is 89.3 Å². The first-order chi connectivity index (χ1) is 20.0. The molecule has 8 nitrogen and oxygen atoms in total. The van der Waals surface area contributed by atoms with Gasteiger partial charge >= 0.3 is 12.7 Å². The maximum Gasteiger partial charge on any atom is 0.573 e. The molecule has 0 N–H and O–H groups in total. The van der Waals surface area contributed by atoms with E-state index in [1.165, 1.54) is 71.5 Å². The molecule has 0 spiro atoms. The van der Waals surface area contributed by atoms with Crippen molar-refractivity contribution in [3.05, 3.63) is 84.7 Å². The van der Waals surface area contributed by atoms with Gasteiger partial charge in [0.2, 0.25) is 0 Å². The Morgan fingerprint density at radius 1 is 0.857 bits per heavy atom. The van der Waals surface area contributed by atoms with Crippen LogP contribution in [0.25, 0.3) is 17.1 Å². The van der Waals surface area contributed by atoms with Crippen LogP contribution in [0.1, 0.15) is 12.0 Å². The van der Waals surface area contributed by atoms with E-state index in [-0.39, 0.29) is 17.2 Å². The topological polar surface area (TPSA) is 77.1 Å². The van der Waals surface area contributed by atoms with E-state index in [2.05, 4.69) is 29.8 Å². The maximum atomic E-state index is 12.9. The Morgan fingerprint density at radius 2 is 1.57 bits per heavy atom. The van der Waals surface area contributed by atoms with Crippen LogP contribution >= 0.6 is 11.8 Å². The third kappa shape index (κ3) is 7.60. The van der Waals surface area contributed by atoms with Crippen molar-refractivity contribution in [1.29, 1.82) is 0 Å². The third-order valence-electron chi connectivity index (χ3n) is 5.72. The number of rotatable bonds is 7. The van der Waals surface area contributed by atoms with Crippen LogP contribution in [-0.2, 0) is 0 Å². The summed E-state index contributed by atoms with van der Waals surface area (Å²) in [6.45, 7) is 0.458. The van der Waals surface area contributed by atoms with Gasteiger partial charge in [-0.25, -0.2) is 9.67 Å². The number of aromatic nitrogens is 3. The number of benzene rings is 3. The molecule has 0 unspecified atom stereocenters. The number of halogens is 6. The Kier molecular flexibility index (Phi) is 8.38. The first-order valence-electron chi connectivity index (χ1n) is 12.3. The van der Waals surface area contributed by atoms with Gasteiger partial charge in [0.25, 0.3) is 0 Å². The van der Waals surface area contributed by atoms with Crippen LogP contribution in [0.3, 0.4) is 0 Å². The van der Waals surface area contributed by atoms with Gasteiger partial charge in [0, 0.05) is 17.9 Å². The summed E-state index contributed by atoms with van der Waals surface area (Å²) in [5, 5.41) is 13.2. The molecule has 218 valence electrons. The van der Waals surface area contributed by atoms with Crippen molar-refractivity contribution in [3.8, 4) is 28.6 Å². The van der Waals surface area contributed by atoms with Crippen molar-refractivity contribution in [2.45, 2.75) is 19.1 Å². The minimum absolute atomic E-state index is 0.248. The highest BCUT2D eigenvalue weighted by Crippen LogP contribution is 2.36. The Balaban J connectivity index is 1.27. The lowest BCUT2D eigenvalue weighted by Gasteiger charge is -2.30. The zero-order valence-electron chi connectivity index (χ0n) is 21.4. The number of anilines is 1. The number of thioether (sulfide) groups is 1. The molecular weight excluding hydrogens is 586 g/mol. The van der Waals surface area contributed by atoms with E-state index >= 15 is 0 Å². The predicted molar refractivity (Wildman–Crippen MR) is 146 cm³/mol. The quantitative estimate of drug-likeness (QED) is 0.127. The van der Waals surface area contributed by atoms with E-state index in [0.29, 0.717) is 34.4 Å². The molecule has 1 fully saturated rings. The van der Waals surface area contributed by atoms with Crippen LogP contribution < -0.4 is 14.4 Å². The molecule has 1 aliphatic rings. The molecular formula is C27H20F6N6O2S. The molecule has 0 bridgehead atoms. The highest BCUT2D eigenvalue weighted by atomic mass is 32.2. The van der Waals surface area contributed by atoms with Crippen LogP contribution in [0, 0.1) is 0 Å². The zero-order valence-corrected chi connectivity index (χ0v) is 22.2. The summed E-state index contributed by atoms with van der Waals surface area (Å²) in [7, 11) is 0. The summed E-state index contributed by atoms with van der Waals surface area (Å²) in [5.74, 6) is 0.475. The summed E-state index contributed by atoms with van der Waals surface area (Å²) >= 11 is 1.38. The van der Waals surface area contributed by atoms with Crippen molar-refractivity contribution in [3.63, 3.8) is 0 Å². The summed E-state index contributed by atoms with van der Waals surface area (Å²) in [6.07, 6.45) is -5.90. The number of hydrogen-bond acceptors (Lipinski definition) is 7. The summed E-state index contributed by atoms with van der Waals surface area (Å²) in [5.41, 5.74) is 2.13. The molecule has 4 aromatic rings. The molecule has 0 atom stereocenters. The molecule has 0 radical (unpaired) electrons. The molecule has 15 heteroatoms. The standard InChI is InChI=1S/C27H20F6N6O2S/c28-26(29,30)40-21-12-10-20(11-13-21)39-17-34-24(37-39)19-8-6-18(7-9-19)16-35-36-25-38(14-3-15-42-25)22-4-1-2-5-23(22)41-27(31,32)33/h1-2,4-13,16-17H,3,14-15H2/b35-16+,36-25-. The lowest BCUT2D eigenvalue weighted by molar-refractivity contribution is -0.275. The lowest BCUT2D eigenvalue weighted by Crippen LogP contribution is -2.34. The largest absolute Gasteiger partial charge is 0.573 e. The predicted octanol–water partition coefficient (Wildman–Crippen LogP) is 7.06. The second-order valence-corrected chi connectivity index (χ2v) is 9.73. The molecule has 42 heavy (non-hydrogen) atoms. The van der Waals surface area contributed by atoms with E-state index < -0.39 is 12.7 Å². The van der Waals surface area contributed by atoms with E-state index in [0.717, 1.165) is 12.2 Å². The van der Waals surface area contributed by atoms with Gasteiger partial charge in [0.05, 0.1) is 17.6 Å². The summed E-state index contributed by atoms with van der Waals surface area (Å²) < 4.78 is 85.3. The van der Waals surface area contributed by atoms with Crippen molar-refractivity contribution in [2.24, 2.45) is 10.2 Å². The number of amidine groups is 1. The van der Waals surface area contributed by atoms with Crippen LogP contribution in [0.5, 0.6) is 11.5 Å².